The number of thiazole rings is 1. The Morgan fingerprint density at radius 2 is 1.80 bits per heavy atom. The first-order chi connectivity index (χ1) is 11.7. The van der Waals surface area contributed by atoms with Crippen LogP contribution in [0.4, 0.5) is 5.13 Å². The Kier molecular flexibility index (Phi) is 4.77. The highest BCUT2D eigenvalue weighted by Gasteiger charge is 2.52. The maximum absolute atomic E-state index is 9.77. The standard InChI is InChI=1S/C18H23BN2O3S/c1-17(2)18(3,4)24-19(23-17)14(10-22)9-12-5-7-13(8-6-12)15-11-25-16(20)21-15/h5-9,11,22H,10H2,1-4H3,(H2,20,21). The van der Waals surface area contributed by atoms with Crippen molar-refractivity contribution in [1.29, 1.82) is 0 Å². The molecule has 0 spiro atoms. The van der Waals surface area contributed by atoms with E-state index in [1.54, 1.807) is 0 Å². The minimum Gasteiger partial charge on any atom is -0.400 e. The van der Waals surface area contributed by atoms with E-state index in [-0.39, 0.29) is 6.61 Å². The quantitative estimate of drug-likeness (QED) is 0.819. The zero-order valence-corrected chi connectivity index (χ0v) is 15.8. The average Bonchev–Trinajstić information content (AvgIpc) is 3.06. The molecule has 0 aliphatic carbocycles. The van der Waals surface area contributed by atoms with E-state index in [2.05, 4.69) is 4.98 Å². The Balaban J connectivity index is 1.81. The highest BCUT2D eigenvalue weighted by atomic mass is 32.1. The molecule has 1 fully saturated rings. The molecule has 7 heteroatoms. The summed E-state index contributed by atoms with van der Waals surface area (Å²) in [6.45, 7) is 7.86. The lowest BCUT2D eigenvalue weighted by Gasteiger charge is -2.32. The molecule has 0 atom stereocenters. The number of aliphatic hydroxyl groups is 1. The van der Waals surface area contributed by atoms with Crippen LogP contribution in [0.5, 0.6) is 0 Å². The third-order valence-electron chi connectivity index (χ3n) is 4.82. The average molecular weight is 358 g/mol. The van der Waals surface area contributed by atoms with Crippen molar-refractivity contribution in [2.75, 3.05) is 12.3 Å². The van der Waals surface area contributed by atoms with Gasteiger partial charge >= 0.3 is 7.12 Å². The minimum absolute atomic E-state index is 0.124. The van der Waals surface area contributed by atoms with Crippen molar-refractivity contribution >= 4 is 29.7 Å². The summed E-state index contributed by atoms with van der Waals surface area (Å²) in [7, 11) is -0.548. The summed E-state index contributed by atoms with van der Waals surface area (Å²) >= 11 is 1.42. The van der Waals surface area contributed by atoms with E-state index in [0.717, 1.165) is 16.8 Å². The van der Waals surface area contributed by atoms with E-state index in [1.807, 2.05) is 63.4 Å². The molecule has 1 aromatic heterocycles. The van der Waals surface area contributed by atoms with Gasteiger partial charge in [0.1, 0.15) is 0 Å². The largest absolute Gasteiger partial charge is 0.492 e. The van der Waals surface area contributed by atoms with E-state index in [0.29, 0.717) is 10.6 Å². The number of aliphatic hydroxyl groups excluding tert-OH is 1. The van der Waals surface area contributed by atoms with Gasteiger partial charge in [-0.1, -0.05) is 30.3 Å². The summed E-state index contributed by atoms with van der Waals surface area (Å²) in [5, 5.41) is 12.3. The Bertz CT molecular complexity index is 768. The Labute approximate surface area is 152 Å². The minimum atomic E-state index is -0.548. The predicted octanol–water partition coefficient (Wildman–Crippen LogP) is 3.40. The molecular weight excluding hydrogens is 335 g/mol. The van der Waals surface area contributed by atoms with E-state index < -0.39 is 18.3 Å². The number of hydrogen-bond donors (Lipinski definition) is 2. The van der Waals surface area contributed by atoms with Gasteiger partial charge in [0.15, 0.2) is 5.13 Å². The Hall–Kier alpha value is -1.67. The van der Waals surface area contributed by atoms with Crippen molar-refractivity contribution in [3.8, 4) is 11.3 Å². The van der Waals surface area contributed by atoms with Crippen molar-refractivity contribution in [3.05, 3.63) is 40.7 Å². The van der Waals surface area contributed by atoms with Crippen LogP contribution in [0.2, 0.25) is 0 Å². The zero-order valence-electron chi connectivity index (χ0n) is 14.9. The maximum Gasteiger partial charge on any atom is 0.492 e. The summed E-state index contributed by atoms with van der Waals surface area (Å²) in [6.07, 6.45) is 1.90. The second-order valence-electron chi connectivity index (χ2n) is 7.16. The number of nitrogen functional groups attached to an aromatic ring is 1. The fourth-order valence-electron chi connectivity index (χ4n) is 2.57. The van der Waals surface area contributed by atoms with Gasteiger partial charge in [0, 0.05) is 10.9 Å². The van der Waals surface area contributed by atoms with Crippen LogP contribution in [-0.4, -0.2) is 35.0 Å². The molecule has 25 heavy (non-hydrogen) atoms. The number of benzene rings is 1. The number of nitrogens with zero attached hydrogens (tertiary/aromatic N) is 1. The van der Waals surface area contributed by atoms with E-state index in [1.165, 1.54) is 11.3 Å². The normalized spacial score (nSPS) is 19.4. The third-order valence-corrected chi connectivity index (χ3v) is 5.49. The van der Waals surface area contributed by atoms with Crippen molar-refractivity contribution in [1.82, 2.24) is 4.98 Å². The summed E-state index contributed by atoms with van der Waals surface area (Å²) < 4.78 is 12.0. The summed E-state index contributed by atoms with van der Waals surface area (Å²) in [5.41, 5.74) is 8.36. The first-order valence-electron chi connectivity index (χ1n) is 8.20. The van der Waals surface area contributed by atoms with Crippen LogP contribution in [0, 0.1) is 0 Å². The lowest BCUT2D eigenvalue weighted by Crippen LogP contribution is -2.41. The molecule has 0 saturated carbocycles. The molecule has 2 heterocycles. The fourth-order valence-corrected chi connectivity index (χ4v) is 3.14. The van der Waals surface area contributed by atoms with Gasteiger partial charge in [0.25, 0.3) is 0 Å². The van der Waals surface area contributed by atoms with Crippen LogP contribution in [0.15, 0.2) is 35.1 Å². The molecule has 0 amide bonds. The van der Waals surface area contributed by atoms with Crippen molar-refractivity contribution in [3.63, 3.8) is 0 Å². The van der Waals surface area contributed by atoms with Crippen LogP contribution in [-0.2, 0) is 9.31 Å². The van der Waals surface area contributed by atoms with E-state index in [4.69, 9.17) is 15.0 Å². The van der Waals surface area contributed by atoms with Crippen LogP contribution >= 0.6 is 11.3 Å². The van der Waals surface area contributed by atoms with Gasteiger partial charge in [-0.05, 0) is 38.7 Å². The van der Waals surface area contributed by atoms with Gasteiger partial charge in [-0.2, -0.15) is 0 Å². The van der Waals surface area contributed by atoms with Crippen molar-refractivity contribution < 1.29 is 14.4 Å². The number of aromatic nitrogens is 1. The van der Waals surface area contributed by atoms with Gasteiger partial charge < -0.3 is 20.1 Å². The molecule has 0 radical (unpaired) electrons. The Morgan fingerprint density at radius 1 is 1.20 bits per heavy atom. The number of anilines is 1. The van der Waals surface area contributed by atoms with Gasteiger partial charge in [0.05, 0.1) is 23.5 Å². The van der Waals surface area contributed by atoms with Crippen molar-refractivity contribution in [2.45, 2.75) is 38.9 Å². The molecule has 1 aromatic carbocycles. The summed E-state index contributed by atoms with van der Waals surface area (Å²) in [5.74, 6) is 0. The predicted molar refractivity (Wildman–Crippen MR) is 103 cm³/mol. The van der Waals surface area contributed by atoms with Crippen LogP contribution < -0.4 is 5.73 Å². The van der Waals surface area contributed by atoms with Crippen LogP contribution in [0.1, 0.15) is 33.3 Å². The monoisotopic (exact) mass is 358 g/mol. The Morgan fingerprint density at radius 3 is 2.28 bits per heavy atom. The second kappa shape index (κ2) is 6.57. The molecule has 3 rings (SSSR count). The molecule has 0 unspecified atom stereocenters. The number of nitrogens with two attached hydrogens (primary N) is 1. The van der Waals surface area contributed by atoms with Gasteiger partial charge in [-0.15, -0.1) is 11.3 Å². The third kappa shape index (κ3) is 3.65. The lowest BCUT2D eigenvalue weighted by atomic mass is 9.77. The highest BCUT2D eigenvalue weighted by Crippen LogP contribution is 2.38. The zero-order chi connectivity index (χ0) is 18.2. The molecular formula is C18H23BN2O3S. The van der Waals surface area contributed by atoms with E-state index >= 15 is 0 Å². The first kappa shape index (κ1) is 18.1. The molecule has 3 N–H and O–H groups in total. The lowest BCUT2D eigenvalue weighted by molar-refractivity contribution is 0.00578. The first-order valence-corrected chi connectivity index (χ1v) is 9.08. The molecule has 1 saturated heterocycles. The van der Waals surface area contributed by atoms with Gasteiger partial charge in [-0.3, -0.25) is 0 Å². The molecule has 1 aliphatic rings. The number of hydrogen-bond acceptors (Lipinski definition) is 6. The van der Waals surface area contributed by atoms with Crippen LogP contribution in [0.3, 0.4) is 0 Å². The van der Waals surface area contributed by atoms with Crippen LogP contribution in [0.25, 0.3) is 17.3 Å². The van der Waals surface area contributed by atoms with Gasteiger partial charge in [-0.25, -0.2) is 4.98 Å². The van der Waals surface area contributed by atoms with Crippen molar-refractivity contribution in [2.24, 2.45) is 0 Å². The summed E-state index contributed by atoms with van der Waals surface area (Å²) in [4.78, 5) is 4.28. The molecule has 5 nitrogen and oxygen atoms in total. The van der Waals surface area contributed by atoms with E-state index in [9.17, 15) is 5.11 Å². The molecule has 132 valence electrons. The molecule has 1 aliphatic heterocycles. The second-order valence-corrected chi connectivity index (χ2v) is 8.05. The maximum atomic E-state index is 9.77. The SMILES string of the molecule is CC1(C)OB(C(=Cc2ccc(-c3csc(N)n3)cc2)CO)OC1(C)C. The number of rotatable bonds is 4. The fraction of sp³-hybridized carbons (Fsp3) is 0.389. The molecule has 0 bridgehead atoms. The molecule has 2 aromatic rings. The topological polar surface area (TPSA) is 77.6 Å². The smallest absolute Gasteiger partial charge is 0.400 e. The highest BCUT2D eigenvalue weighted by molar-refractivity contribution is 7.13. The van der Waals surface area contributed by atoms with Gasteiger partial charge in [0.2, 0.25) is 0 Å². The summed E-state index contributed by atoms with van der Waals surface area (Å²) in [6, 6.07) is 7.93.